The molecule has 1 atom stereocenters. The van der Waals surface area contributed by atoms with E-state index in [1.54, 1.807) is 29.2 Å². The Kier molecular flexibility index (Phi) is 13.1. The van der Waals surface area contributed by atoms with Crippen molar-refractivity contribution in [1.82, 2.24) is 4.90 Å². The molecule has 1 aliphatic rings. The zero-order valence-electron chi connectivity index (χ0n) is 23.9. The number of aliphatic hydroxyl groups is 1. The van der Waals surface area contributed by atoms with E-state index in [-0.39, 0.29) is 11.3 Å². The van der Waals surface area contributed by atoms with Crippen molar-refractivity contribution in [2.75, 3.05) is 6.54 Å². The summed E-state index contributed by atoms with van der Waals surface area (Å²) in [7, 11) is 0. The van der Waals surface area contributed by atoms with E-state index in [0.717, 1.165) is 30.4 Å². The quantitative estimate of drug-likeness (QED) is 0.0921. The van der Waals surface area contributed by atoms with Gasteiger partial charge in [0.25, 0.3) is 11.7 Å². The minimum absolute atomic E-state index is 0.150. The van der Waals surface area contributed by atoms with Crippen LogP contribution in [0.1, 0.15) is 120 Å². The van der Waals surface area contributed by atoms with Crippen molar-refractivity contribution < 1.29 is 14.7 Å². The molecule has 212 valence electrons. The number of Topliss-reactive ketones (excluding diaryl/α,β-unsaturated/α-hetero) is 1. The van der Waals surface area contributed by atoms with Gasteiger partial charge in [-0.2, -0.15) is 0 Å². The maximum absolute atomic E-state index is 13.2. The zero-order valence-corrected chi connectivity index (χ0v) is 24.6. The van der Waals surface area contributed by atoms with E-state index in [2.05, 4.69) is 6.92 Å². The predicted octanol–water partition coefficient (Wildman–Crippen LogP) is 9.55. The summed E-state index contributed by atoms with van der Waals surface area (Å²) >= 11 is 6.01. The second kappa shape index (κ2) is 16.5. The summed E-state index contributed by atoms with van der Waals surface area (Å²) in [5, 5.41) is 11.7. The number of hydrogen-bond acceptors (Lipinski definition) is 3. The molecule has 0 aromatic heterocycles. The van der Waals surface area contributed by atoms with Gasteiger partial charge in [-0.25, -0.2) is 0 Å². The van der Waals surface area contributed by atoms with Crippen LogP contribution in [0.15, 0.2) is 54.1 Å². The van der Waals surface area contributed by atoms with Crippen LogP contribution in [0.4, 0.5) is 0 Å². The van der Waals surface area contributed by atoms with E-state index >= 15 is 0 Å². The Morgan fingerprint density at radius 2 is 1.23 bits per heavy atom. The first kappa shape index (κ1) is 30.9. The molecule has 39 heavy (non-hydrogen) atoms. The van der Waals surface area contributed by atoms with Crippen LogP contribution in [0.2, 0.25) is 5.02 Å². The van der Waals surface area contributed by atoms with Gasteiger partial charge in [0.15, 0.2) is 0 Å². The lowest BCUT2D eigenvalue weighted by Gasteiger charge is -2.25. The molecule has 0 spiro atoms. The number of hydrogen-bond donors (Lipinski definition) is 1. The summed E-state index contributed by atoms with van der Waals surface area (Å²) in [6.07, 6.45) is 17.7. The number of nitrogens with zero attached hydrogens (tertiary/aromatic N) is 1. The summed E-state index contributed by atoms with van der Waals surface area (Å²) in [6.45, 7) is 4.76. The van der Waals surface area contributed by atoms with Crippen molar-refractivity contribution in [3.63, 3.8) is 0 Å². The van der Waals surface area contributed by atoms with Crippen LogP contribution in [0.5, 0.6) is 0 Å². The molecule has 1 N–H and O–H groups in total. The third kappa shape index (κ3) is 9.24. The Bertz CT molecular complexity index is 1070. The monoisotopic (exact) mass is 551 g/mol. The number of benzene rings is 2. The fourth-order valence-electron chi connectivity index (χ4n) is 5.45. The number of ketones is 1. The van der Waals surface area contributed by atoms with E-state index in [1.165, 1.54) is 70.6 Å². The Morgan fingerprint density at radius 3 is 1.74 bits per heavy atom. The highest BCUT2D eigenvalue weighted by Crippen LogP contribution is 2.39. The second-order valence-corrected chi connectivity index (χ2v) is 11.4. The van der Waals surface area contributed by atoms with E-state index in [9.17, 15) is 14.7 Å². The van der Waals surface area contributed by atoms with Gasteiger partial charge in [0, 0.05) is 17.1 Å². The highest BCUT2D eigenvalue weighted by atomic mass is 35.5. The number of carbonyl (C=O) groups excluding carboxylic acids is 2. The summed E-state index contributed by atoms with van der Waals surface area (Å²) in [4.78, 5) is 27.9. The van der Waals surface area contributed by atoms with Gasteiger partial charge >= 0.3 is 0 Å². The normalized spacial score (nSPS) is 16.8. The maximum atomic E-state index is 13.2. The summed E-state index contributed by atoms with van der Waals surface area (Å²) in [5.41, 5.74) is 2.56. The van der Waals surface area contributed by atoms with Crippen LogP contribution >= 0.6 is 11.6 Å². The van der Waals surface area contributed by atoms with Gasteiger partial charge in [0.05, 0.1) is 11.6 Å². The molecule has 1 aliphatic heterocycles. The minimum Gasteiger partial charge on any atom is -0.507 e. The van der Waals surface area contributed by atoms with Gasteiger partial charge in [-0.3, -0.25) is 9.59 Å². The molecule has 0 bridgehead atoms. The number of rotatable bonds is 17. The van der Waals surface area contributed by atoms with Crippen LogP contribution in [-0.2, 0) is 9.59 Å². The zero-order chi connectivity index (χ0) is 28.0. The topological polar surface area (TPSA) is 57.6 Å². The minimum atomic E-state index is -0.626. The number of carbonyl (C=O) groups is 2. The van der Waals surface area contributed by atoms with E-state index in [0.29, 0.717) is 17.1 Å². The average molecular weight is 552 g/mol. The molecule has 1 unspecified atom stereocenters. The van der Waals surface area contributed by atoms with Crippen molar-refractivity contribution in [3.05, 3.63) is 75.8 Å². The molecule has 2 aromatic carbocycles. The number of amides is 1. The second-order valence-electron chi connectivity index (χ2n) is 11.0. The molecule has 2 aromatic rings. The highest BCUT2D eigenvalue weighted by molar-refractivity contribution is 6.46. The molecule has 0 aliphatic carbocycles. The lowest BCUT2D eigenvalue weighted by atomic mass is 9.94. The van der Waals surface area contributed by atoms with Crippen molar-refractivity contribution in [3.8, 4) is 0 Å². The molecule has 1 amide bonds. The number of aryl methyl sites for hydroxylation is 1. The van der Waals surface area contributed by atoms with Gasteiger partial charge in [0.1, 0.15) is 5.76 Å². The van der Waals surface area contributed by atoms with Gasteiger partial charge < -0.3 is 10.0 Å². The molecule has 5 heteroatoms. The third-order valence-corrected chi connectivity index (χ3v) is 8.06. The van der Waals surface area contributed by atoms with Crippen molar-refractivity contribution in [1.29, 1.82) is 0 Å². The molecule has 1 saturated heterocycles. The fraction of sp³-hybridized carbons (Fsp3) is 0.529. The first-order chi connectivity index (χ1) is 18.9. The van der Waals surface area contributed by atoms with Gasteiger partial charge in [-0.15, -0.1) is 0 Å². The first-order valence-corrected chi connectivity index (χ1v) is 15.4. The largest absolute Gasteiger partial charge is 0.507 e. The first-order valence-electron chi connectivity index (χ1n) is 15.0. The van der Waals surface area contributed by atoms with Crippen LogP contribution in [-0.4, -0.2) is 28.2 Å². The number of likely N-dealkylation sites (tertiary alicyclic amines) is 1. The van der Waals surface area contributed by atoms with Crippen LogP contribution < -0.4 is 0 Å². The molecule has 4 nitrogen and oxygen atoms in total. The molecule has 0 saturated carbocycles. The SMILES string of the molecule is CCCCCCCCCCCCCCCCN1C(=O)C(=O)/C(=C(\O)c2ccc(Cl)cc2)C1c1ccc(C)cc1. The molecular weight excluding hydrogens is 506 g/mol. The third-order valence-electron chi connectivity index (χ3n) is 7.80. The van der Waals surface area contributed by atoms with Crippen LogP contribution in [0.3, 0.4) is 0 Å². The molecule has 0 radical (unpaired) electrons. The molecule has 1 heterocycles. The highest BCUT2D eigenvalue weighted by Gasteiger charge is 2.45. The smallest absolute Gasteiger partial charge is 0.295 e. The molecular formula is C34H46ClNO3. The predicted molar refractivity (Wildman–Crippen MR) is 162 cm³/mol. The number of aliphatic hydroxyl groups excluding tert-OH is 1. The summed E-state index contributed by atoms with van der Waals surface area (Å²) < 4.78 is 0. The Balaban J connectivity index is 1.52. The van der Waals surface area contributed by atoms with E-state index in [4.69, 9.17) is 11.6 Å². The average Bonchev–Trinajstić information content (AvgIpc) is 3.18. The lowest BCUT2D eigenvalue weighted by Crippen LogP contribution is -2.30. The lowest BCUT2D eigenvalue weighted by molar-refractivity contribution is -0.139. The van der Waals surface area contributed by atoms with Gasteiger partial charge in [-0.1, -0.05) is 132 Å². The standard InChI is InChI=1S/C34H46ClNO3/c1-3-4-5-6-7-8-9-10-11-12-13-14-15-16-25-36-31(27-19-17-26(2)18-20-27)30(33(38)34(36)39)32(37)28-21-23-29(35)24-22-28/h17-24,31,37H,3-16,25H2,1-2H3/b32-30-. The van der Waals surface area contributed by atoms with Gasteiger partial charge in [0.2, 0.25) is 0 Å². The Morgan fingerprint density at radius 1 is 0.744 bits per heavy atom. The van der Waals surface area contributed by atoms with Crippen molar-refractivity contribution in [2.24, 2.45) is 0 Å². The molecule has 3 rings (SSSR count). The van der Waals surface area contributed by atoms with E-state index < -0.39 is 17.7 Å². The van der Waals surface area contributed by atoms with Crippen LogP contribution in [0, 0.1) is 6.92 Å². The Labute approximate surface area is 240 Å². The summed E-state index contributed by atoms with van der Waals surface area (Å²) in [5.74, 6) is -1.32. The fourth-order valence-corrected chi connectivity index (χ4v) is 5.57. The van der Waals surface area contributed by atoms with Crippen molar-refractivity contribution >= 4 is 29.1 Å². The van der Waals surface area contributed by atoms with Gasteiger partial charge in [-0.05, 0) is 43.2 Å². The van der Waals surface area contributed by atoms with Crippen LogP contribution in [0.25, 0.3) is 5.76 Å². The summed E-state index contributed by atoms with van der Waals surface area (Å²) in [6, 6.07) is 13.9. The van der Waals surface area contributed by atoms with E-state index in [1.807, 2.05) is 31.2 Å². The van der Waals surface area contributed by atoms with Crippen molar-refractivity contribution in [2.45, 2.75) is 110 Å². The number of halogens is 1. The Hall–Kier alpha value is -2.59. The molecule has 1 fully saturated rings. The number of unbranched alkanes of at least 4 members (excludes halogenated alkanes) is 13. The maximum Gasteiger partial charge on any atom is 0.295 e.